The van der Waals surface area contributed by atoms with Gasteiger partial charge in [0.25, 0.3) is 0 Å². The minimum atomic E-state index is -1.15. The Morgan fingerprint density at radius 3 is 2.33 bits per heavy atom. The van der Waals surface area contributed by atoms with E-state index in [0.717, 1.165) is 5.69 Å². The number of nitrogens with zero attached hydrogens (tertiary/aromatic N) is 4. The Labute approximate surface area is 137 Å². The fraction of sp³-hybridized carbons (Fsp3) is 0.357. The summed E-state index contributed by atoms with van der Waals surface area (Å²) in [6.45, 7) is 2.43. The lowest BCUT2D eigenvalue weighted by Gasteiger charge is -2.08. The number of carboxylic acid groups (broad SMARTS) is 1. The lowest BCUT2D eigenvalue weighted by atomic mass is 10.4. The molecule has 0 atom stereocenters. The van der Waals surface area contributed by atoms with Crippen LogP contribution < -0.4 is 10.6 Å². The second-order valence-corrected chi connectivity index (χ2v) is 5.03. The molecule has 0 spiro atoms. The van der Waals surface area contributed by atoms with E-state index in [2.05, 4.69) is 20.8 Å². The average Bonchev–Trinajstić information content (AvgIpc) is 3.14. The Morgan fingerprint density at radius 1 is 1.12 bits per heavy atom. The maximum absolute atomic E-state index is 11.7. The first kappa shape index (κ1) is 17.2. The van der Waals surface area contributed by atoms with Crippen LogP contribution in [0.15, 0.2) is 24.5 Å². The molecule has 24 heavy (non-hydrogen) atoms. The van der Waals surface area contributed by atoms with Crippen molar-refractivity contribution in [3.05, 3.63) is 35.9 Å². The Bertz CT molecular complexity index is 735. The van der Waals surface area contributed by atoms with Crippen LogP contribution in [-0.4, -0.2) is 55.5 Å². The number of aryl methyl sites for hydroxylation is 1. The number of amides is 2. The van der Waals surface area contributed by atoms with E-state index in [1.165, 1.54) is 16.9 Å². The Balaban J connectivity index is 1.64. The number of carboxylic acids is 1. The van der Waals surface area contributed by atoms with E-state index in [1.807, 2.05) is 6.92 Å². The zero-order valence-electron chi connectivity index (χ0n) is 13.1. The molecule has 0 radical (unpaired) electrons. The number of hydrogen-bond acceptors (Lipinski definition) is 5. The van der Waals surface area contributed by atoms with Gasteiger partial charge in [0, 0.05) is 31.2 Å². The first-order valence-electron chi connectivity index (χ1n) is 7.24. The zero-order chi connectivity index (χ0) is 17.5. The van der Waals surface area contributed by atoms with Crippen LogP contribution in [0.3, 0.4) is 0 Å². The summed E-state index contributed by atoms with van der Waals surface area (Å²) < 4.78 is 2.81. The van der Waals surface area contributed by atoms with Gasteiger partial charge in [-0.05, 0) is 19.1 Å². The second-order valence-electron chi connectivity index (χ2n) is 5.03. The van der Waals surface area contributed by atoms with Crippen LogP contribution in [0.25, 0.3) is 0 Å². The summed E-state index contributed by atoms with van der Waals surface area (Å²) in [5.74, 6) is -1.68. The molecule has 2 heterocycles. The molecule has 2 aromatic rings. The molecule has 2 rings (SSSR count). The smallest absolute Gasteiger partial charge is 0.356 e. The third-order valence-corrected chi connectivity index (χ3v) is 3.16. The number of carbonyl (C=O) groups is 3. The van der Waals surface area contributed by atoms with Gasteiger partial charge in [-0.25, -0.2) is 4.79 Å². The standard InChI is InChI=1S/C14H18N6O4/c1-10-2-4-17-20(10)9-13(22)16-6-5-15-12(21)8-19-7-3-11(18-19)14(23)24/h2-4,7H,5-6,8-9H2,1H3,(H,15,21)(H,16,22)(H,23,24). The van der Waals surface area contributed by atoms with Crippen LogP contribution in [0.4, 0.5) is 0 Å². The minimum absolute atomic E-state index is 0.0896. The molecule has 2 amide bonds. The fourth-order valence-electron chi connectivity index (χ4n) is 1.93. The van der Waals surface area contributed by atoms with E-state index in [0.29, 0.717) is 0 Å². The highest BCUT2D eigenvalue weighted by Crippen LogP contribution is 1.95. The quantitative estimate of drug-likeness (QED) is 0.532. The molecule has 0 aromatic carbocycles. The third kappa shape index (κ3) is 4.93. The molecule has 0 saturated heterocycles. The second kappa shape index (κ2) is 7.90. The highest BCUT2D eigenvalue weighted by molar-refractivity contribution is 5.85. The maximum atomic E-state index is 11.7. The lowest BCUT2D eigenvalue weighted by Crippen LogP contribution is -2.37. The van der Waals surface area contributed by atoms with E-state index < -0.39 is 5.97 Å². The molecule has 0 aliphatic carbocycles. The van der Waals surface area contributed by atoms with Gasteiger partial charge in [0.15, 0.2) is 5.69 Å². The van der Waals surface area contributed by atoms with Gasteiger partial charge in [0.1, 0.15) is 13.1 Å². The summed E-state index contributed by atoms with van der Waals surface area (Å²) in [5.41, 5.74) is 0.766. The van der Waals surface area contributed by atoms with Crippen molar-refractivity contribution in [2.24, 2.45) is 0 Å². The molecular formula is C14H18N6O4. The Morgan fingerprint density at radius 2 is 1.79 bits per heavy atom. The van der Waals surface area contributed by atoms with Crippen molar-refractivity contribution in [2.75, 3.05) is 13.1 Å². The maximum Gasteiger partial charge on any atom is 0.356 e. The van der Waals surface area contributed by atoms with Crippen molar-refractivity contribution in [2.45, 2.75) is 20.0 Å². The van der Waals surface area contributed by atoms with Crippen LogP contribution in [0.5, 0.6) is 0 Å². The minimum Gasteiger partial charge on any atom is -0.476 e. The van der Waals surface area contributed by atoms with Crippen molar-refractivity contribution >= 4 is 17.8 Å². The number of hydrogen-bond donors (Lipinski definition) is 3. The van der Waals surface area contributed by atoms with Crippen molar-refractivity contribution in [3.8, 4) is 0 Å². The van der Waals surface area contributed by atoms with Crippen LogP contribution in [0.2, 0.25) is 0 Å². The zero-order valence-corrected chi connectivity index (χ0v) is 13.1. The van der Waals surface area contributed by atoms with E-state index in [-0.39, 0.29) is 43.7 Å². The molecule has 2 aromatic heterocycles. The van der Waals surface area contributed by atoms with E-state index in [9.17, 15) is 14.4 Å². The van der Waals surface area contributed by atoms with Crippen LogP contribution in [-0.2, 0) is 22.7 Å². The number of rotatable bonds is 8. The van der Waals surface area contributed by atoms with Gasteiger partial charge in [-0.15, -0.1) is 0 Å². The SMILES string of the molecule is Cc1ccnn1CC(=O)NCCNC(=O)Cn1ccc(C(=O)O)n1. The predicted molar refractivity (Wildman–Crippen MR) is 82.2 cm³/mol. The lowest BCUT2D eigenvalue weighted by molar-refractivity contribution is -0.123. The number of carbonyl (C=O) groups excluding carboxylic acids is 2. The van der Waals surface area contributed by atoms with E-state index in [4.69, 9.17) is 5.11 Å². The largest absolute Gasteiger partial charge is 0.476 e. The molecule has 0 aliphatic rings. The number of nitrogens with one attached hydrogen (secondary N) is 2. The molecular weight excluding hydrogens is 316 g/mol. The molecule has 128 valence electrons. The third-order valence-electron chi connectivity index (χ3n) is 3.16. The van der Waals surface area contributed by atoms with Crippen LogP contribution in [0.1, 0.15) is 16.2 Å². The van der Waals surface area contributed by atoms with Crippen molar-refractivity contribution in [1.82, 2.24) is 30.2 Å². The normalized spacial score (nSPS) is 10.4. The summed E-state index contributed by atoms with van der Waals surface area (Å²) >= 11 is 0. The summed E-state index contributed by atoms with van der Waals surface area (Å²) in [6, 6.07) is 3.12. The van der Waals surface area contributed by atoms with Crippen molar-refractivity contribution in [1.29, 1.82) is 0 Å². The Hall–Kier alpha value is -3.17. The van der Waals surface area contributed by atoms with E-state index >= 15 is 0 Å². The van der Waals surface area contributed by atoms with Crippen molar-refractivity contribution in [3.63, 3.8) is 0 Å². The fourth-order valence-corrected chi connectivity index (χ4v) is 1.93. The average molecular weight is 334 g/mol. The molecule has 3 N–H and O–H groups in total. The molecule has 0 fully saturated rings. The molecule has 0 aliphatic heterocycles. The number of aromatic carboxylic acids is 1. The molecule has 0 saturated carbocycles. The molecule has 0 bridgehead atoms. The Kier molecular flexibility index (Phi) is 5.66. The summed E-state index contributed by atoms with van der Waals surface area (Å²) in [6.07, 6.45) is 3.03. The first-order chi connectivity index (χ1) is 11.5. The van der Waals surface area contributed by atoms with Gasteiger partial charge in [-0.3, -0.25) is 19.0 Å². The predicted octanol–water partition coefficient (Wildman–Crippen LogP) is -0.981. The summed E-state index contributed by atoms with van der Waals surface area (Å²) in [5, 5.41) is 21.8. The molecule has 0 unspecified atom stereocenters. The highest BCUT2D eigenvalue weighted by Gasteiger charge is 2.09. The van der Waals surface area contributed by atoms with Crippen molar-refractivity contribution < 1.29 is 19.5 Å². The summed E-state index contributed by atoms with van der Waals surface area (Å²) in [4.78, 5) is 34.1. The monoisotopic (exact) mass is 334 g/mol. The molecule has 10 nitrogen and oxygen atoms in total. The van der Waals surface area contributed by atoms with Gasteiger partial charge in [-0.2, -0.15) is 10.2 Å². The van der Waals surface area contributed by atoms with Gasteiger partial charge >= 0.3 is 5.97 Å². The van der Waals surface area contributed by atoms with Gasteiger partial charge in [0.05, 0.1) is 0 Å². The molecule has 10 heteroatoms. The van der Waals surface area contributed by atoms with Gasteiger partial charge in [0.2, 0.25) is 11.8 Å². The first-order valence-corrected chi connectivity index (χ1v) is 7.24. The van der Waals surface area contributed by atoms with Gasteiger partial charge < -0.3 is 15.7 Å². The topological polar surface area (TPSA) is 131 Å². The van der Waals surface area contributed by atoms with Gasteiger partial charge in [-0.1, -0.05) is 0 Å². The highest BCUT2D eigenvalue weighted by atomic mass is 16.4. The van der Waals surface area contributed by atoms with E-state index in [1.54, 1.807) is 16.9 Å². The van der Waals surface area contributed by atoms with Crippen LogP contribution in [0, 0.1) is 6.92 Å². The summed E-state index contributed by atoms with van der Waals surface area (Å²) in [7, 11) is 0. The number of aromatic nitrogens is 4. The van der Waals surface area contributed by atoms with Crippen LogP contribution >= 0.6 is 0 Å².